The number of amides is 1. The lowest BCUT2D eigenvalue weighted by atomic mass is 10.1. The monoisotopic (exact) mass is 295 g/mol. The third-order valence-electron chi connectivity index (χ3n) is 2.85. The fourth-order valence-electron chi connectivity index (χ4n) is 1.87. The van der Waals surface area contributed by atoms with Crippen molar-refractivity contribution >= 4 is 11.9 Å². The summed E-state index contributed by atoms with van der Waals surface area (Å²) >= 11 is 0. The lowest BCUT2D eigenvalue weighted by molar-refractivity contribution is -0.142. The summed E-state index contributed by atoms with van der Waals surface area (Å²) in [5.41, 5.74) is 1.01. The Morgan fingerprint density at radius 3 is 2.52 bits per heavy atom. The number of ether oxygens (including phenoxy) is 1. The van der Waals surface area contributed by atoms with E-state index in [9.17, 15) is 14.7 Å². The molecule has 1 rings (SSSR count). The summed E-state index contributed by atoms with van der Waals surface area (Å²) in [6, 6.07) is 8.57. The number of hydrogen-bond donors (Lipinski definition) is 3. The van der Waals surface area contributed by atoms with Gasteiger partial charge in [0.25, 0.3) is 0 Å². The number of rotatable bonds is 9. The van der Waals surface area contributed by atoms with Crippen molar-refractivity contribution in [2.24, 2.45) is 0 Å². The summed E-state index contributed by atoms with van der Waals surface area (Å²) in [6.07, 6.45) is -0.00144. The van der Waals surface area contributed by atoms with Crippen LogP contribution in [0.5, 0.6) is 0 Å². The van der Waals surface area contributed by atoms with Crippen molar-refractivity contribution in [3.05, 3.63) is 35.9 Å². The molecule has 0 spiro atoms. The van der Waals surface area contributed by atoms with E-state index in [0.717, 1.165) is 5.56 Å². The number of nitrogens with one attached hydrogen (secondary N) is 1. The van der Waals surface area contributed by atoms with Crippen LogP contribution in [-0.2, 0) is 20.7 Å². The largest absolute Gasteiger partial charge is 0.480 e. The zero-order chi connectivity index (χ0) is 15.7. The quantitative estimate of drug-likeness (QED) is 0.579. The molecule has 6 nitrogen and oxygen atoms in total. The third kappa shape index (κ3) is 7.43. The highest BCUT2D eigenvalue weighted by atomic mass is 16.5. The van der Waals surface area contributed by atoms with Crippen LogP contribution in [0.4, 0.5) is 0 Å². The van der Waals surface area contributed by atoms with Crippen molar-refractivity contribution < 1.29 is 24.5 Å². The van der Waals surface area contributed by atoms with Crippen LogP contribution in [0.15, 0.2) is 30.3 Å². The van der Waals surface area contributed by atoms with Crippen molar-refractivity contribution in [3.8, 4) is 0 Å². The fourth-order valence-corrected chi connectivity index (χ4v) is 1.87. The second-order valence-corrected chi connectivity index (χ2v) is 4.80. The average Bonchev–Trinajstić information content (AvgIpc) is 2.42. The van der Waals surface area contributed by atoms with Crippen LogP contribution in [0.25, 0.3) is 0 Å². The average molecular weight is 295 g/mol. The predicted octanol–water partition coefficient (Wildman–Crippen LogP) is 0.586. The van der Waals surface area contributed by atoms with Gasteiger partial charge >= 0.3 is 5.97 Å². The number of carbonyl (C=O) groups excluding carboxylic acids is 1. The third-order valence-corrected chi connectivity index (χ3v) is 2.85. The standard InChI is InChI=1S/C15H21NO5/c1-11(17)16-14(15(19)20)7-8-21-10-13(18)9-12-5-3-2-4-6-12/h2-6,13-14,18H,7-10H2,1H3,(H,16,17)(H,19,20). The van der Waals surface area contributed by atoms with Gasteiger partial charge in [0.05, 0.1) is 12.7 Å². The fraction of sp³-hybridized carbons (Fsp3) is 0.467. The first-order valence-electron chi connectivity index (χ1n) is 6.78. The molecule has 3 N–H and O–H groups in total. The molecule has 0 saturated heterocycles. The number of carboxylic acids is 1. The number of aliphatic hydroxyl groups excluding tert-OH is 1. The maximum atomic E-state index is 10.9. The summed E-state index contributed by atoms with van der Waals surface area (Å²) < 4.78 is 5.27. The number of aliphatic carboxylic acids is 1. The molecule has 1 aromatic carbocycles. The highest BCUT2D eigenvalue weighted by molar-refractivity contribution is 5.81. The molecule has 116 valence electrons. The first-order chi connectivity index (χ1) is 9.99. The van der Waals surface area contributed by atoms with Gasteiger partial charge in [0.15, 0.2) is 0 Å². The van der Waals surface area contributed by atoms with Crippen molar-refractivity contribution in [1.82, 2.24) is 5.32 Å². The summed E-state index contributed by atoms with van der Waals surface area (Å²) in [5, 5.41) is 21.0. The molecule has 0 aliphatic rings. The van der Waals surface area contributed by atoms with Gasteiger partial charge in [0.1, 0.15) is 6.04 Å². The van der Waals surface area contributed by atoms with E-state index in [4.69, 9.17) is 9.84 Å². The maximum Gasteiger partial charge on any atom is 0.326 e. The molecule has 0 aliphatic heterocycles. The summed E-state index contributed by atoms with van der Waals surface area (Å²) in [7, 11) is 0. The van der Waals surface area contributed by atoms with Crippen LogP contribution < -0.4 is 5.32 Å². The van der Waals surface area contributed by atoms with Gasteiger partial charge < -0.3 is 20.3 Å². The Kier molecular flexibility index (Phi) is 7.42. The maximum absolute atomic E-state index is 10.9. The second kappa shape index (κ2) is 9.10. The summed E-state index contributed by atoms with van der Waals surface area (Å²) in [5.74, 6) is -1.50. The predicted molar refractivity (Wildman–Crippen MR) is 76.8 cm³/mol. The van der Waals surface area contributed by atoms with Gasteiger partial charge in [-0.3, -0.25) is 4.79 Å². The highest BCUT2D eigenvalue weighted by Gasteiger charge is 2.18. The molecule has 0 bridgehead atoms. The Morgan fingerprint density at radius 1 is 1.29 bits per heavy atom. The van der Waals surface area contributed by atoms with E-state index >= 15 is 0 Å². The van der Waals surface area contributed by atoms with E-state index in [1.165, 1.54) is 6.92 Å². The van der Waals surface area contributed by atoms with Crippen molar-refractivity contribution in [2.75, 3.05) is 13.2 Å². The minimum Gasteiger partial charge on any atom is -0.480 e. The van der Waals surface area contributed by atoms with Crippen LogP contribution in [0, 0.1) is 0 Å². The Balaban J connectivity index is 2.23. The van der Waals surface area contributed by atoms with Gasteiger partial charge in [0, 0.05) is 26.4 Å². The van der Waals surface area contributed by atoms with Gasteiger partial charge in [-0.25, -0.2) is 4.79 Å². The van der Waals surface area contributed by atoms with Gasteiger partial charge in [0.2, 0.25) is 5.91 Å². The Bertz CT molecular complexity index is 449. The van der Waals surface area contributed by atoms with E-state index in [1.54, 1.807) is 0 Å². The first-order valence-corrected chi connectivity index (χ1v) is 6.78. The summed E-state index contributed by atoms with van der Waals surface area (Å²) in [6.45, 7) is 1.55. The van der Waals surface area contributed by atoms with Gasteiger partial charge in [-0.2, -0.15) is 0 Å². The lowest BCUT2D eigenvalue weighted by Gasteiger charge is -2.15. The smallest absolute Gasteiger partial charge is 0.326 e. The van der Waals surface area contributed by atoms with E-state index in [2.05, 4.69) is 5.32 Å². The second-order valence-electron chi connectivity index (χ2n) is 4.80. The molecule has 6 heteroatoms. The molecule has 0 heterocycles. The number of hydrogen-bond acceptors (Lipinski definition) is 4. The van der Waals surface area contributed by atoms with E-state index in [0.29, 0.717) is 6.42 Å². The molecule has 21 heavy (non-hydrogen) atoms. The van der Waals surface area contributed by atoms with Crippen molar-refractivity contribution in [3.63, 3.8) is 0 Å². The number of carboxylic acid groups (broad SMARTS) is 1. The normalized spacial score (nSPS) is 13.4. The molecule has 0 radical (unpaired) electrons. The molecular weight excluding hydrogens is 274 g/mol. The molecule has 0 fully saturated rings. The van der Waals surface area contributed by atoms with E-state index in [1.807, 2.05) is 30.3 Å². The van der Waals surface area contributed by atoms with Crippen LogP contribution >= 0.6 is 0 Å². The van der Waals surface area contributed by atoms with Gasteiger partial charge in [-0.1, -0.05) is 30.3 Å². The van der Waals surface area contributed by atoms with Crippen LogP contribution in [0.2, 0.25) is 0 Å². The number of carbonyl (C=O) groups is 2. The molecule has 2 unspecified atom stereocenters. The Hall–Kier alpha value is -1.92. The molecule has 2 atom stereocenters. The number of benzene rings is 1. The SMILES string of the molecule is CC(=O)NC(CCOCC(O)Cc1ccccc1)C(=O)O. The highest BCUT2D eigenvalue weighted by Crippen LogP contribution is 2.04. The number of aliphatic hydroxyl groups is 1. The van der Waals surface area contributed by atoms with Crippen molar-refractivity contribution in [2.45, 2.75) is 31.9 Å². The summed E-state index contributed by atoms with van der Waals surface area (Å²) in [4.78, 5) is 21.7. The molecule has 0 saturated carbocycles. The first kappa shape index (κ1) is 17.1. The van der Waals surface area contributed by atoms with Crippen molar-refractivity contribution in [1.29, 1.82) is 0 Å². The van der Waals surface area contributed by atoms with E-state index in [-0.39, 0.29) is 19.6 Å². The Morgan fingerprint density at radius 2 is 1.95 bits per heavy atom. The topological polar surface area (TPSA) is 95.9 Å². The minimum absolute atomic E-state index is 0.126. The molecule has 1 amide bonds. The zero-order valence-corrected chi connectivity index (χ0v) is 12.0. The lowest BCUT2D eigenvalue weighted by Crippen LogP contribution is -2.40. The molecular formula is C15H21NO5. The van der Waals surface area contributed by atoms with Crippen LogP contribution in [0.3, 0.4) is 0 Å². The zero-order valence-electron chi connectivity index (χ0n) is 12.0. The molecule has 1 aromatic rings. The Labute approximate surface area is 123 Å². The minimum atomic E-state index is -1.10. The molecule has 0 aliphatic carbocycles. The molecule has 0 aromatic heterocycles. The van der Waals surface area contributed by atoms with Crippen LogP contribution in [-0.4, -0.2) is 47.4 Å². The van der Waals surface area contributed by atoms with Gasteiger partial charge in [-0.15, -0.1) is 0 Å². The van der Waals surface area contributed by atoms with Crippen LogP contribution in [0.1, 0.15) is 18.9 Å². The van der Waals surface area contributed by atoms with Gasteiger partial charge in [-0.05, 0) is 5.56 Å². The van der Waals surface area contributed by atoms with E-state index < -0.39 is 24.0 Å².